The van der Waals surface area contributed by atoms with Gasteiger partial charge in [-0.3, -0.25) is 20.1 Å². The molecule has 14 atom stereocenters. The van der Waals surface area contributed by atoms with Crippen molar-refractivity contribution in [1.82, 2.24) is 4.90 Å². The van der Waals surface area contributed by atoms with Gasteiger partial charge in [-0.05, 0) is 95.5 Å². The fourth-order valence-electron chi connectivity index (χ4n) is 9.47. The Morgan fingerprint density at radius 1 is 0.947 bits per heavy atom. The molecule has 2 saturated heterocycles. The zero-order valence-electron chi connectivity index (χ0n) is 35.5. The minimum absolute atomic E-state index is 0.00323. The smallest absolute Gasteiger partial charge is 0.329 e. The molecule has 4 aliphatic rings. The summed E-state index contributed by atoms with van der Waals surface area (Å²) in [4.78, 5) is 58.1. The third-order valence-electron chi connectivity index (χ3n) is 13.0. The Balaban J connectivity index is 1.78. The van der Waals surface area contributed by atoms with Gasteiger partial charge in [-0.1, -0.05) is 44.6 Å². The lowest BCUT2D eigenvalue weighted by atomic mass is 9.80. The molecule has 0 aromatic carbocycles. The van der Waals surface area contributed by atoms with Gasteiger partial charge in [0.25, 0.3) is 11.7 Å². The van der Waals surface area contributed by atoms with Gasteiger partial charge >= 0.3 is 5.97 Å². The molecule has 13 heteroatoms. The fraction of sp³-hybridized carbons (Fsp3) is 0.773. The first-order valence-electron chi connectivity index (χ1n) is 21.0. The van der Waals surface area contributed by atoms with Crippen LogP contribution in [0.1, 0.15) is 105 Å². The number of aliphatic hydroxyl groups is 2. The zero-order valence-corrected chi connectivity index (χ0v) is 35.5. The van der Waals surface area contributed by atoms with Crippen molar-refractivity contribution in [2.75, 3.05) is 27.9 Å². The van der Waals surface area contributed by atoms with Crippen LogP contribution < -0.4 is 5.73 Å². The SMILES string of the molecule is C=CC[C@@H]1/C=C(\C)C[C@H](C)C[C@H](OC)[C@H]2O[C@@](N)(C(=O)C(=O)N3CCCC[C@H]3C(=O)O[C@H](/C(C)=C/[C@@H]3CC[C@@H](O)[C@H](OC)C3)[C@H](C)[C@@H](O)CC1=O)[C@H](C)C[C@@H]2OC. The Morgan fingerprint density at radius 3 is 2.26 bits per heavy atom. The number of aliphatic hydroxyl groups excluding tert-OH is 2. The predicted octanol–water partition coefficient (Wildman–Crippen LogP) is 4.61. The number of rotatable bonds is 7. The average Bonchev–Trinajstić information content (AvgIpc) is 3.18. The predicted molar refractivity (Wildman–Crippen MR) is 215 cm³/mol. The maximum Gasteiger partial charge on any atom is 0.329 e. The number of cyclic esters (lactones) is 1. The molecule has 0 unspecified atom stereocenters. The van der Waals surface area contributed by atoms with Crippen molar-refractivity contribution >= 4 is 23.4 Å². The molecule has 322 valence electrons. The Labute approximate surface area is 339 Å². The zero-order chi connectivity index (χ0) is 42.2. The minimum Gasteiger partial charge on any atom is -0.456 e. The van der Waals surface area contributed by atoms with E-state index in [1.54, 1.807) is 41.3 Å². The molecule has 4 N–H and O–H groups in total. The van der Waals surface area contributed by atoms with Gasteiger partial charge in [0.2, 0.25) is 0 Å². The molecule has 0 radical (unpaired) electrons. The summed E-state index contributed by atoms with van der Waals surface area (Å²) in [5.41, 5.74) is 6.49. The Bertz CT molecular complexity index is 1480. The molecule has 1 saturated carbocycles. The van der Waals surface area contributed by atoms with Gasteiger partial charge in [-0.25, -0.2) is 4.79 Å². The van der Waals surface area contributed by atoms with Crippen LogP contribution >= 0.6 is 0 Å². The van der Waals surface area contributed by atoms with Crippen LogP contribution in [-0.4, -0.2) is 121 Å². The number of carbonyl (C=O) groups excluding carboxylic acids is 4. The number of allylic oxidation sites excluding steroid dienone is 4. The molecule has 13 nitrogen and oxygen atoms in total. The number of hydrogen-bond acceptors (Lipinski definition) is 12. The summed E-state index contributed by atoms with van der Waals surface area (Å²) in [6.07, 6.45) is 5.71. The quantitative estimate of drug-likeness (QED) is 0.185. The fourth-order valence-corrected chi connectivity index (χ4v) is 9.47. The summed E-state index contributed by atoms with van der Waals surface area (Å²) in [5, 5.41) is 22.1. The van der Waals surface area contributed by atoms with Crippen molar-refractivity contribution in [3.63, 3.8) is 0 Å². The summed E-state index contributed by atoms with van der Waals surface area (Å²) < 4.78 is 30.1. The van der Waals surface area contributed by atoms with Gasteiger partial charge in [0.1, 0.15) is 24.0 Å². The maximum absolute atomic E-state index is 14.3. The normalized spacial score (nSPS) is 41.0. The number of amides is 1. The molecule has 4 rings (SSSR count). The number of nitrogens with zero attached hydrogens (tertiary/aromatic N) is 1. The van der Waals surface area contributed by atoms with E-state index in [0.717, 1.165) is 5.57 Å². The van der Waals surface area contributed by atoms with Gasteiger partial charge in [0, 0.05) is 52.0 Å². The van der Waals surface area contributed by atoms with Crippen molar-refractivity contribution in [2.24, 2.45) is 35.3 Å². The molecule has 1 amide bonds. The highest BCUT2D eigenvalue weighted by atomic mass is 16.6. The molecule has 3 fully saturated rings. The van der Waals surface area contributed by atoms with Crippen LogP contribution in [0, 0.1) is 29.6 Å². The summed E-state index contributed by atoms with van der Waals surface area (Å²) in [6.45, 7) is 13.4. The Hall–Kier alpha value is -2.78. The molecular formula is C44H70N2O11. The number of ketones is 2. The van der Waals surface area contributed by atoms with Crippen molar-refractivity contribution in [2.45, 2.75) is 160 Å². The van der Waals surface area contributed by atoms with Gasteiger partial charge in [-0.15, -0.1) is 6.58 Å². The van der Waals surface area contributed by atoms with Crippen molar-refractivity contribution in [3.05, 3.63) is 36.0 Å². The second kappa shape index (κ2) is 21.0. The van der Waals surface area contributed by atoms with E-state index in [-0.39, 0.29) is 43.1 Å². The summed E-state index contributed by atoms with van der Waals surface area (Å²) >= 11 is 0. The van der Waals surface area contributed by atoms with E-state index in [2.05, 4.69) is 13.5 Å². The van der Waals surface area contributed by atoms with E-state index in [4.69, 9.17) is 29.4 Å². The van der Waals surface area contributed by atoms with E-state index in [9.17, 15) is 29.4 Å². The second-order valence-electron chi connectivity index (χ2n) is 17.4. The molecule has 3 aliphatic heterocycles. The molecular weight excluding hydrogens is 732 g/mol. The van der Waals surface area contributed by atoms with E-state index < -0.39 is 83.8 Å². The number of fused-ring (bicyclic) bond motifs is 3. The monoisotopic (exact) mass is 802 g/mol. The molecule has 0 spiro atoms. The number of ether oxygens (including phenoxy) is 5. The topological polar surface area (TPSA) is 184 Å². The molecule has 57 heavy (non-hydrogen) atoms. The molecule has 0 aromatic heterocycles. The first-order valence-corrected chi connectivity index (χ1v) is 21.0. The van der Waals surface area contributed by atoms with Gasteiger partial charge in [0.15, 0.2) is 5.72 Å². The number of esters is 1. The van der Waals surface area contributed by atoms with Gasteiger partial charge in [-0.2, -0.15) is 0 Å². The van der Waals surface area contributed by atoms with Crippen LogP contribution in [0.3, 0.4) is 0 Å². The van der Waals surface area contributed by atoms with E-state index >= 15 is 0 Å². The lowest BCUT2D eigenvalue weighted by Gasteiger charge is -2.47. The minimum atomic E-state index is -2.01. The number of nitrogens with two attached hydrogens (primary N) is 1. The maximum atomic E-state index is 14.3. The highest BCUT2D eigenvalue weighted by molar-refractivity contribution is 6.39. The third-order valence-corrected chi connectivity index (χ3v) is 13.0. The lowest BCUT2D eigenvalue weighted by molar-refractivity contribution is -0.233. The number of methoxy groups -OCH3 is 3. The Kier molecular flexibility index (Phi) is 17.2. The number of piperidine rings is 1. The average molecular weight is 803 g/mol. The van der Waals surface area contributed by atoms with Crippen LogP contribution in [0.2, 0.25) is 0 Å². The van der Waals surface area contributed by atoms with Crippen molar-refractivity contribution < 1.29 is 53.1 Å². The van der Waals surface area contributed by atoms with Gasteiger partial charge < -0.3 is 38.8 Å². The highest BCUT2D eigenvalue weighted by Gasteiger charge is 2.55. The summed E-state index contributed by atoms with van der Waals surface area (Å²) in [7, 11) is 4.70. The molecule has 2 bridgehead atoms. The van der Waals surface area contributed by atoms with Crippen molar-refractivity contribution in [3.8, 4) is 0 Å². The van der Waals surface area contributed by atoms with Crippen LogP contribution in [0.15, 0.2) is 36.0 Å². The van der Waals surface area contributed by atoms with E-state index in [0.29, 0.717) is 63.4 Å². The standard InChI is InChI=1S/C44H70N2O11/c1-10-13-31-19-25(2)18-26(3)20-37(54-8)40-38(55-9)22-28(5)44(45,57-40)41(50)42(51)46-17-12-11-14-32(46)43(52)56-39(29(6)34(48)24-35(31)49)27(4)21-30-15-16-33(47)36(23-30)53-7/h10,19,21,26,28-34,36-40,47-48H,1,11-18,20,22-24,45H2,2-9H3/b25-19+,27-21+/t26-,28+,29+,30-,31+,32-,33+,34-,36+,37-,38-,39+,40+,44+/m0/s1. The van der Waals surface area contributed by atoms with Gasteiger partial charge in [0.05, 0.1) is 30.5 Å². The van der Waals surface area contributed by atoms with E-state index in [1.807, 2.05) is 26.0 Å². The molecule has 0 aromatic rings. The van der Waals surface area contributed by atoms with Crippen LogP contribution in [-0.2, 0) is 42.9 Å². The first kappa shape index (κ1) is 46.9. The van der Waals surface area contributed by atoms with E-state index in [1.165, 1.54) is 4.90 Å². The first-order chi connectivity index (χ1) is 27.0. The van der Waals surface area contributed by atoms with Crippen LogP contribution in [0.25, 0.3) is 0 Å². The largest absolute Gasteiger partial charge is 0.456 e. The lowest BCUT2D eigenvalue weighted by Crippen LogP contribution is -2.68. The van der Waals surface area contributed by atoms with Crippen LogP contribution in [0.4, 0.5) is 0 Å². The second-order valence-corrected chi connectivity index (χ2v) is 17.4. The number of carbonyl (C=O) groups is 4. The highest BCUT2D eigenvalue weighted by Crippen LogP contribution is 2.38. The van der Waals surface area contributed by atoms with Crippen LogP contribution in [0.5, 0.6) is 0 Å². The molecule has 1 aliphatic carbocycles. The number of Topliss-reactive ketones (excluding diaryl/α,β-unsaturated/α-hetero) is 2. The number of hydrogen-bond donors (Lipinski definition) is 3. The summed E-state index contributed by atoms with van der Waals surface area (Å²) in [5.74, 6) is -4.53. The van der Waals surface area contributed by atoms with Crippen molar-refractivity contribution in [1.29, 1.82) is 0 Å². The molecule has 3 heterocycles. The third kappa shape index (κ3) is 11.3. The Morgan fingerprint density at radius 2 is 1.61 bits per heavy atom. The summed E-state index contributed by atoms with van der Waals surface area (Å²) in [6, 6.07) is -1.09.